The van der Waals surface area contributed by atoms with Crippen molar-refractivity contribution in [3.8, 4) is 0 Å². The summed E-state index contributed by atoms with van der Waals surface area (Å²) in [5.74, 6) is 0. The van der Waals surface area contributed by atoms with E-state index >= 15 is 0 Å². The van der Waals surface area contributed by atoms with Crippen molar-refractivity contribution in [3.05, 3.63) is 32.9 Å². The molecule has 1 saturated heterocycles. The number of hydrogen-bond donors (Lipinski definition) is 1. The molecule has 0 spiro atoms. The van der Waals surface area contributed by atoms with Crippen LogP contribution in [0, 0.1) is 10.5 Å². The highest BCUT2D eigenvalue weighted by Crippen LogP contribution is 2.25. The molecule has 1 aromatic carbocycles. The van der Waals surface area contributed by atoms with Gasteiger partial charge in [-0.15, -0.1) is 0 Å². The van der Waals surface area contributed by atoms with E-state index in [1.165, 1.54) is 34.1 Å². The van der Waals surface area contributed by atoms with Gasteiger partial charge in [0, 0.05) is 9.61 Å². The van der Waals surface area contributed by atoms with Crippen LogP contribution < -0.4 is 5.32 Å². The zero-order valence-corrected chi connectivity index (χ0v) is 9.97. The summed E-state index contributed by atoms with van der Waals surface area (Å²) in [6.07, 6.45) is 2.61. The number of aryl methyl sites for hydroxylation is 1. The smallest absolute Gasteiger partial charge is 0.0321 e. The number of hydrogen-bond acceptors (Lipinski definition) is 1. The van der Waals surface area contributed by atoms with E-state index < -0.39 is 0 Å². The highest BCUT2D eigenvalue weighted by atomic mass is 127. The van der Waals surface area contributed by atoms with E-state index in [0.717, 1.165) is 0 Å². The van der Waals surface area contributed by atoms with Gasteiger partial charge in [0.2, 0.25) is 0 Å². The van der Waals surface area contributed by atoms with Crippen LogP contribution in [0.25, 0.3) is 0 Å². The van der Waals surface area contributed by atoms with Gasteiger partial charge in [0.1, 0.15) is 0 Å². The van der Waals surface area contributed by atoms with E-state index in [1.807, 2.05) is 0 Å². The molecule has 1 aliphatic heterocycles. The summed E-state index contributed by atoms with van der Waals surface area (Å²) in [4.78, 5) is 0. The van der Waals surface area contributed by atoms with Gasteiger partial charge < -0.3 is 5.32 Å². The Morgan fingerprint density at radius 1 is 1.46 bits per heavy atom. The lowest BCUT2D eigenvalue weighted by molar-refractivity contribution is 0.647. The van der Waals surface area contributed by atoms with Gasteiger partial charge in [-0.3, -0.25) is 0 Å². The van der Waals surface area contributed by atoms with Crippen LogP contribution in [0.4, 0.5) is 0 Å². The van der Waals surface area contributed by atoms with Crippen molar-refractivity contribution in [3.63, 3.8) is 0 Å². The lowest BCUT2D eigenvalue weighted by Crippen LogP contribution is -2.12. The summed E-state index contributed by atoms with van der Waals surface area (Å²) < 4.78 is 1.38. The zero-order chi connectivity index (χ0) is 9.26. The fraction of sp³-hybridized carbons (Fsp3) is 0.455. The van der Waals surface area contributed by atoms with Gasteiger partial charge in [-0.05, 0) is 66.1 Å². The van der Waals surface area contributed by atoms with Crippen LogP contribution >= 0.6 is 22.6 Å². The second-order valence-electron chi connectivity index (χ2n) is 3.66. The van der Waals surface area contributed by atoms with E-state index in [2.05, 4.69) is 53.0 Å². The first-order valence-corrected chi connectivity index (χ1v) is 5.84. The van der Waals surface area contributed by atoms with Crippen molar-refractivity contribution >= 4 is 22.6 Å². The Labute approximate surface area is 93.1 Å². The Morgan fingerprint density at radius 2 is 2.31 bits per heavy atom. The molecule has 1 aromatic rings. The molecule has 13 heavy (non-hydrogen) atoms. The maximum absolute atomic E-state index is 3.52. The molecule has 2 rings (SSSR count). The third-order valence-corrected chi connectivity index (χ3v) is 3.82. The summed E-state index contributed by atoms with van der Waals surface area (Å²) in [5.41, 5.74) is 2.83. The molecule has 1 aliphatic rings. The first-order valence-electron chi connectivity index (χ1n) is 4.77. The quantitative estimate of drug-likeness (QED) is 0.783. The van der Waals surface area contributed by atoms with Gasteiger partial charge in [-0.25, -0.2) is 0 Å². The molecule has 0 saturated carbocycles. The van der Waals surface area contributed by atoms with E-state index in [1.54, 1.807) is 0 Å². The molecule has 0 amide bonds. The molecule has 70 valence electrons. The molecule has 0 aromatic heterocycles. The maximum atomic E-state index is 3.52. The average molecular weight is 287 g/mol. The van der Waals surface area contributed by atoms with E-state index in [-0.39, 0.29) is 0 Å². The third kappa shape index (κ3) is 2.05. The molecule has 0 radical (unpaired) electrons. The minimum absolute atomic E-state index is 0.606. The Hall–Kier alpha value is -0.0900. The van der Waals surface area contributed by atoms with E-state index in [9.17, 15) is 0 Å². The van der Waals surface area contributed by atoms with Gasteiger partial charge in [0.15, 0.2) is 0 Å². The fourth-order valence-corrected chi connectivity index (χ4v) is 2.33. The largest absolute Gasteiger partial charge is 0.310 e. The summed E-state index contributed by atoms with van der Waals surface area (Å²) in [7, 11) is 0. The van der Waals surface area contributed by atoms with Crippen LogP contribution in [0.5, 0.6) is 0 Å². The molecule has 2 heteroatoms. The Balaban J connectivity index is 2.25. The molecular weight excluding hydrogens is 273 g/mol. The zero-order valence-electron chi connectivity index (χ0n) is 7.81. The number of rotatable bonds is 1. The van der Waals surface area contributed by atoms with Gasteiger partial charge in [0.05, 0.1) is 0 Å². The number of benzene rings is 1. The predicted octanol–water partition coefficient (Wildman–Crippen LogP) is 3.02. The Bertz CT molecular complexity index is 303. The van der Waals surface area contributed by atoms with Gasteiger partial charge in [0.25, 0.3) is 0 Å². The van der Waals surface area contributed by atoms with Crippen LogP contribution in [-0.2, 0) is 0 Å². The fourth-order valence-electron chi connectivity index (χ4n) is 1.79. The normalized spacial score (nSPS) is 22.2. The highest BCUT2D eigenvalue weighted by molar-refractivity contribution is 14.1. The lowest BCUT2D eigenvalue weighted by atomic mass is 10.0. The van der Waals surface area contributed by atoms with Crippen molar-refractivity contribution in [1.82, 2.24) is 5.32 Å². The average Bonchev–Trinajstić information content (AvgIpc) is 2.62. The van der Waals surface area contributed by atoms with E-state index in [0.29, 0.717) is 6.04 Å². The maximum Gasteiger partial charge on any atom is 0.0321 e. The first-order chi connectivity index (χ1) is 6.27. The minimum atomic E-state index is 0.606. The predicted molar refractivity (Wildman–Crippen MR) is 63.9 cm³/mol. The van der Waals surface area contributed by atoms with Gasteiger partial charge in [-0.2, -0.15) is 0 Å². The minimum Gasteiger partial charge on any atom is -0.310 e. The molecule has 0 aliphatic carbocycles. The standard InChI is InChI=1S/C11H14IN/c1-8-4-5-9(7-10(8)12)11-3-2-6-13-11/h4-5,7,11,13H,2-3,6H2,1H3/t11-/m1/s1. The number of nitrogens with one attached hydrogen (secondary N) is 1. The van der Waals surface area contributed by atoms with Crippen LogP contribution in [-0.4, -0.2) is 6.54 Å². The summed E-state index contributed by atoms with van der Waals surface area (Å²) >= 11 is 2.41. The topological polar surface area (TPSA) is 12.0 Å². The van der Waals surface area contributed by atoms with Crippen molar-refractivity contribution in [2.24, 2.45) is 0 Å². The van der Waals surface area contributed by atoms with Crippen LogP contribution in [0.1, 0.15) is 30.0 Å². The summed E-state index contributed by atoms with van der Waals surface area (Å²) in [5, 5.41) is 3.52. The van der Waals surface area contributed by atoms with E-state index in [4.69, 9.17) is 0 Å². The first kappa shape index (κ1) is 9.46. The Morgan fingerprint density at radius 3 is 2.92 bits per heavy atom. The third-order valence-electron chi connectivity index (χ3n) is 2.66. The van der Waals surface area contributed by atoms with Crippen molar-refractivity contribution < 1.29 is 0 Å². The summed E-state index contributed by atoms with van der Waals surface area (Å²) in [6, 6.07) is 7.38. The van der Waals surface area contributed by atoms with Crippen molar-refractivity contribution in [2.75, 3.05) is 6.54 Å². The highest BCUT2D eigenvalue weighted by Gasteiger charge is 2.15. The van der Waals surface area contributed by atoms with Crippen LogP contribution in [0.15, 0.2) is 18.2 Å². The molecule has 1 nitrogen and oxygen atoms in total. The monoisotopic (exact) mass is 287 g/mol. The molecule has 1 fully saturated rings. The molecule has 1 N–H and O–H groups in total. The van der Waals surface area contributed by atoms with Crippen LogP contribution in [0.3, 0.4) is 0 Å². The molecule has 0 unspecified atom stereocenters. The van der Waals surface area contributed by atoms with Gasteiger partial charge in [-0.1, -0.05) is 12.1 Å². The SMILES string of the molecule is Cc1ccc([C@H]2CCCN2)cc1I. The summed E-state index contributed by atoms with van der Waals surface area (Å²) in [6.45, 7) is 3.34. The second-order valence-corrected chi connectivity index (χ2v) is 4.82. The van der Waals surface area contributed by atoms with Crippen LogP contribution in [0.2, 0.25) is 0 Å². The number of halogens is 1. The molecular formula is C11H14IN. The van der Waals surface area contributed by atoms with Gasteiger partial charge >= 0.3 is 0 Å². The van der Waals surface area contributed by atoms with Crippen molar-refractivity contribution in [2.45, 2.75) is 25.8 Å². The van der Waals surface area contributed by atoms with Crippen molar-refractivity contribution in [1.29, 1.82) is 0 Å². The molecule has 0 bridgehead atoms. The second kappa shape index (κ2) is 3.96. The molecule has 1 atom stereocenters. The molecule has 1 heterocycles. The Kier molecular flexibility index (Phi) is 2.89. The lowest BCUT2D eigenvalue weighted by Gasteiger charge is -2.11.